The number of aryl methyl sites for hydroxylation is 2. The Morgan fingerprint density at radius 2 is 2.25 bits per heavy atom. The lowest BCUT2D eigenvalue weighted by atomic mass is 9.98. The first-order valence-corrected chi connectivity index (χ1v) is 8.14. The van der Waals surface area contributed by atoms with E-state index in [-0.39, 0.29) is 0 Å². The molecule has 1 fully saturated rings. The standard InChI is InChI=1S/C15H22N4S/c1-11-14(12(2)18(3)17-11)10-19-7-4-5-13(9-19)15-16-6-8-20-15/h6,8,13H,4-5,7,9-10H2,1-3H3. The highest BCUT2D eigenvalue weighted by Crippen LogP contribution is 2.29. The first-order valence-electron chi connectivity index (χ1n) is 7.26. The highest BCUT2D eigenvalue weighted by atomic mass is 32.1. The molecule has 0 aromatic carbocycles. The van der Waals surface area contributed by atoms with E-state index in [9.17, 15) is 0 Å². The van der Waals surface area contributed by atoms with Crippen LogP contribution in [0, 0.1) is 13.8 Å². The fourth-order valence-electron chi connectivity index (χ4n) is 3.11. The summed E-state index contributed by atoms with van der Waals surface area (Å²) in [6.07, 6.45) is 4.46. The average Bonchev–Trinajstić information content (AvgIpc) is 3.05. The van der Waals surface area contributed by atoms with Gasteiger partial charge in [0.15, 0.2) is 0 Å². The predicted molar refractivity (Wildman–Crippen MR) is 82.0 cm³/mol. The van der Waals surface area contributed by atoms with Gasteiger partial charge in [-0.1, -0.05) is 0 Å². The van der Waals surface area contributed by atoms with Crippen molar-refractivity contribution in [2.45, 2.75) is 39.2 Å². The molecule has 2 aromatic heterocycles. The van der Waals surface area contributed by atoms with Gasteiger partial charge in [0.25, 0.3) is 0 Å². The molecule has 4 nitrogen and oxygen atoms in total. The van der Waals surface area contributed by atoms with Crippen LogP contribution < -0.4 is 0 Å². The van der Waals surface area contributed by atoms with E-state index in [1.54, 1.807) is 11.3 Å². The smallest absolute Gasteiger partial charge is 0.0968 e. The number of rotatable bonds is 3. The molecule has 1 aliphatic rings. The van der Waals surface area contributed by atoms with Gasteiger partial charge < -0.3 is 0 Å². The van der Waals surface area contributed by atoms with Crippen molar-refractivity contribution in [3.05, 3.63) is 33.5 Å². The number of thiazole rings is 1. The van der Waals surface area contributed by atoms with Crippen LogP contribution in [0.4, 0.5) is 0 Å². The van der Waals surface area contributed by atoms with Crippen molar-refractivity contribution >= 4 is 11.3 Å². The van der Waals surface area contributed by atoms with Gasteiger partial charge in [0, 0.05) is 48.9 Å². The molecule has 20 heavy (non-hydrogen) atoms. The minimum Gasteiger partial charge on any atom is -0.298 e. The molecule has 108 valence electrons. The SMILES string of the molecule is Cc1nn(C)c(C)c1CN1CCCC(c2nccs2)C1. The van der Waals surface area contributed by atoms with Gasteiger partial charge in [-0.3, -0.25) is 9.58 Å². The molecular formula is C15H22N4S. The maximum Gasteiger partial charge on any atom is 0.0968 e. The lowest BCUT2D eigenvalue weighted by Gasteiger charge is -2.31. The predicted octanol–water partition coefficient (Wildman–Crippen LogP) is 2.87. The first kappa shape index (κ1) is 13.8. The summed E-state index contributed by atoms with van der Waals surface area (Å²) in [6.45, 7) is 7.62. The molecule has 2 aromatic rings. The Morgan fingerprint density at radius 1 is 1.40 bits per heavy atom. The van der Waals surface area contributed by atoms with E-state index in [0.29, 0.717) is 5.92 Å². The molecule has 0 radical (unpaired) electrons. The second-order valence-electron chi connectivity index (χ2n) is 5.72. The van der Waals surface area contributed by atoms with Gasteiger partial charge >= 0.3 is 0 Å². The largest absolute Gasteiger partial charge is 0.298 e. The van der Waals surface area contributed by atoms with Crippen molar-refractivity contribution < 1.29 is 0 Å². The quantitative estimate of drug-likeness (QED) is 0.871. The second kappa shape index (κ2) is 5.66. The maximum absolute atomic E-state index is 4.52. The number of aromatic nitrogens is 3. The van der Waals surface area contributed by atoms with Crippen LogP contribution in [0.5, 0.6) is 0 Å². The topological polar surface area (TPSA) is 34.0 Å². The Labute approximate surface area is 124 Å². The van der Waals surface area contributed by atoms with Crippen LogP contribution >= 0.6 is 11.3 Å². The Balaban J connectivity index is 1.71. The highest BCUT2D eigenvalue weighted by Gasteiger charge is 2.24. The molecule has 1 atom stereocenters. The van der Waals surface area contributed by atoms with Gasteiger partial charge in [0.2, 0.25) is 0 Å². The van der Waals surface area contributed by atoms with Crippen molar-refractivity contribution in [3.8, 4) is 0 Å². The van der Waals surface area contributed by atoms with Gasteiger partial charge in [-0.25, -0.2) is 4.98 Å². The van der Waals surface area contributed by atoms with Gasteiger partial charge in [-0.05, 0) is 33.2 Å². The minimum atomic E-state index is 0.612. The molecule has 5 heteroatoms. The zero-order chi connectivity index (χ0) is 14.1. The van der Waals surface area contributed by atoms with Gasteiger partial charge in [0.1, 0.15) is 0 Å². The monoisotopic (exact) mass is 290 g/mol. The molecule has 0 spiro atoms. The summed E-state index contributed by atoms with van der Waals surface area (Å²) < 4.78 is 1.99. The Hall–Kier alpha value is -1.20. The molecule has 0 saturated carbocycles. The summed E-state index contributed by atoms with van der Waals surface area (Å²) in [5, 5.41) is 7.91. The third-order valence-corrected chi connectivity index (χ3v) is 5.28. The maximum atomic E-state index is 4.52. The number of piperidine rings is 1. The molecule has 1 unspecified atom stereocenters. The summed E-state index contributed by atoms with van der Waals surface area (Å²) in [5.41, 5.74) is 3.85. The first-order chi connectivity index (χ1) is 9.65. The van der Waals surface area contributed by atoms with E-state index >= 15 is 0 Å². The van der Waals surface area contributed by atoms with E-state index in [0.717, 1.165) is 13.1 Å². The molecule has 0 N–H and O–H groups in total. The summed E-state index contributed by atoms with van der Waals surface area (Å²) >= 11 is 1.79. The van der Waals surface area contributed by atoms with Crippen LogP contribution in [0.15, 0.2) is 11.6 Å². The third-order valence-electron chi connectivity index (χ3n) is 4.35. The third kappa shape index (κ3) is 2.65. The summed E-state index contributed by atoms with van der Waals surface area (Å²) in [7, 11) is 2.03. The van der Waals surface area contributed by atoms with Crippen LogP contribution in [0.25, 0.3) is 0 Å². The van der Waals surface area contributed by atoms with Crippen molar-refractivity contribution in [3.63, 3.8) is 0 Å². The van der Waals surface area contributed by atoms with Gasteiger partial charge in [0.05, 0.1) is 10.7 Å². The highest BCUT2D eigenvalue weighted by molar-refractivity contribution is 7.09. The Kier molecular flexibility index (Phi) is 3.89. The van der Waals surface area contributed by atoms with Crippen LogP contribution in [-0.4, -0.2) is 32.8 Å². The molecule has 3 rings (SSSR count). The molecule has 0 aliphatic carbocycles. The Morgan fingerprint density at radius 3 is 2.90 bits per heavy atom. The van der Waals surface area contributed by atoms with Crippen LogP contribution in [0.3, 0.4) is 0 Å². The number of hydrogen-bond acceptors (Lipinski definition) is 4. The van der Waals surface area contributed by atoms with Crippen molar-refractivity contribution in [1.82, 2.24) is 19.7 Å². The van der Waals surface area contributed by atoms with Gasteiger partial charge in [-0.2, -0.15) is 5.10 Å². The van der Waals surface area contributed by atoms with E-state index in [1.807, 2.05) is 17.9 Å². The van der Waals surface area contributed by atoms with Gasteiger partial charge in [-0.15, -0.1) is 11.3 Å². The van der Waals surface area contributed by atoms with Crippen molar-refractivity contribution in [2.75, 3.05) is 13.1 Å². The van der Waals surface area contributed by atoms with E-state index in [1.165, 1.54) is 41.3 Å². The van der Waals surface area contributed by atoms with Crippen molar-refractivity contribution in [2.24, 2.45) is 7.05 Å². The van der Waals surface area contributed by atoms with E-state index in [2.05, 4.69) is 34.2 Å². The molecule has 1 aliphatic heterocycles. The fraction of sp³-hybridized carbons (Fsp3) is 0.600. The number of nitrogens with zero attached hydrogens (tertiary/aromatic N) is 4. The van der Waals surface area contributed by atoms with Crippen LogP contribution in [-0.2, 0) is 13.6 Å². The summed E-state index contributed by atoms with van der Waals surface area (Å²) in [4.78, 5) is 7.06. The van der Waals surface area contributed by atoms with Crippen molar-refractivity contribution in [1.29, 1.82) is 0 Å². The molecular weight excluding hydrogens is 268 g/mol. The second-order valence-corrected chi connectivity index (χ2v) is 6.64. The zero-order valence-corrected chi connectivity index (χ0v) is 13.3. The fourth-order valence-corrected chi connectivity index (χ4v) is 3.87. The normalized spacial score (nSPS) is 20.4. The Bertz CT molecular complexity index is 573. The average molecular weight is 290 g/mol. The lowest BCUT2D eigenvalue weighted by Crippen LogP contribution is -2.34. The molecule has 1 saturated heterocycles. The van der Waals surface area contributed by atoms with E-state index in [4.69, 9.17) is 0 Å². The molecule has 3 heterocycles. The number of likely N-dealkylation sites (tertiary alicyclic amines) is 1. The van der Waals surface area contributed by atoms with Crippen LogP contribution in [0.1, 0.15) is 40.7 Å². The lowest BCUT2D eigenvalue weighted by molar-refractivity contribution is 0.199. The molecule has 0 amide bonds. The molecule has 0 bridgehead atoms. The summed E-state index contributed by atoms with van der Waals surface area (Å²) in [6, 6.07) is 0. The minimum absolute atomic E-state index is 0.612. The van der Waals surface area contributed by atoms with E-state index < -0.39 is 0 Å². The zero-order valence-electron chi connectivity index (χ0n) is 12.5. The number of hydrogen-bond donors (Lipinski definition) is 0. The van der Waals surface area contributed by atoms with Crippen LogP contribution in [0.2, 0.25) is 0 Å². The summed E-state index contributed by atoms with van der Waals surface area (Å²) in [5.74, 6) is 0.612.